The van der Waals surface area contributed by atoms with Gasteiger partial charge in [0.2, 0.25) is 0 Å². The van der Waals surface area contributed by atoms with E-state index in [9.17, 15) is 8.42 Å². The standard InChI is InChI=1S/C9H17N3O2S2/c1-3-8-11-9(16(10,13)14)7-12(8)5-6-15-4-2/h7H,3-6H2,1-2H3,(H2,10,13,14). The van der Waals surface area contributed by atoms with Crippen molar-refractivity contribution in [2.45, 2.75) is 31.8 Å². The van der Waals surface area contributed by atoms with Crippen LogP contribution in [0.25, 0.3) is 0 Å². The molecule has 0 saturated heterocycles. The van der Waals surface area contributed by atoms with Gasteiger partial charge < -0.3 is 4.57 Å². The van der Waals surface area contributed by atoms with Crippen molar-refractivity contribution < 1.29 is 8.42 Å². The predicted octanol–water partition coefficient (Wildman–Crippen LogP) is 0.846. The van der Waals surface area contributed by atoms with Crippen LogP contribution in [-0.2, 0) is 23.0 Å². The lowest BCUT2D eigenvalue weighted by Gasteiger charge is -2.04. The first-order valence-corrected chi connectivity index (χ1v) is 7.85. The molecule has 7 heteroatoms. The Labute approximate surface area is 100 Å². The number of nitrogens with zero attached hydrogens (tertiary/aromatic N) is 2. The van der Waals surface area contributed by atoms with Gasteiger partial charge in [-0.15, -0.1) is 0 Å². The minimum atomic E-state index is -3.68. The maximum atomic E-state index is 11.1. The molecule has 1 heterocycles. The Bertz CT molecular complexity index is 440. The maximum absolute atomic E-state index is 11.1. The van der Waals surface area contributed by atoms with Crippen LogP contribution in [0, 0.1) is 0 Å². The van der Waals surface area contributed by atoms with Crippen molar-refractivity contribution in [1.82, 2.24) is 9.55 Å². The third-order valence-corrected chi connectivity index (χ3v) is 3.78. The topological polar surface area (TPSA) is 78.0 Å². The molecule has 2 N–H and O–H groups in total. The molecule has 0 bridgehead atoms. The molecule has 92 valence electrons. The van der Waals surface area contributed by atoms with Gasteiger partial charge in [-0.1, -0.05) is 13.8 Å². The third-order valence-electron chi connectivity index (χ3n) is 2.13. The Balaban J connectivity index is 2.87. The monoisotopic (exact) mass is 263 g/mol. The molecular weight excluding hydrogens is 246 g/mol. The number of aryl methyl sites for hydroxylation is 2. The highest BCUT2D eigenvalue weighted by atomic mass is 32.2. The summed E-state index contributed by atoms with van der Waals surface area (Å²) in [5.74, 6) is 2.77. The molecule has 0 saturated carbocycles. The molecule has 0 aliphatic carbocycles. The summed E-state index contributed by atoms with van der Waals surface area (Å²) in [6, 6.07) is 0. The third kappa shape index (κ3) is 3.50. The summed E-state index contributed by atoms with van der Waals surface area (Å²) in [5, 5.41) is 5.00. The van der Waals surface area contributed by atoms with Crippen LogP contribution < -0.4 is 5.14 Å². The highest BCUT2D eigenvalue weighted by Crippen LogP contribution is 2.10. The first kappa shape index (κ1) is 13.5. The first-order chi connectivity index (χ1) is 7.49. The Morgan fingerprint density at radius 1 is 1.50 bits per heavy atom. The molecule has 0 amide bonds. The number of aromatic nitrogens is 2. The van der Waals surface area contributed by atoms with Crippen molar-refractivity contribution in [3.05, 3.63) is 12.0 Å². The number of hydrogen-bond acceptors (Lipinski definition) is 4. The lowest BCUT2D eigenvalue weighted by molar-refractivity contribution is 0.594. The van der Waals surface area contributed by atoms with Crippen LogP contribution in [0.15, 0.2) is 11.2 Å². The zero-order chi connectivity index (χ0) is 12.2. The number of primary sulfonamides is 1. The molecule has 1 rings (SSSR count). The summed E-state index contributed by atoms with van der Waals surface area (Å²) >= 11 is 1.81. The van der Waals surface area contributed by atoms with Crippen molar-refractivity contribution in [3.63, 3.8) is 0 Å². The maximum Gasteiger partial charge on any atom is 0.257 e. The lowest BCUT2D eigenvalue weighted by Crippen LogP contribution is -2.12. The van der Waals surface area contributed by atoms with E-state index >= 15 is 0 Å². The Kier molecular flexibility index (Phi) is 4.82. The van der Waals surface area contributed by atoms with E-state index in [4.69, 9.17) is 5.14 Å². The second-order valence-electron chi connectivity index (χ2n) is 3.28. The van der Waals surface area contributed by atoms with Crippen molar-refractivity contribution in [2.75, 3.05) is 11.5 Å². The van der Waals surface area contributed by atoms with Gasteiger partial charge in [-0.3, -0.25) is 0 Å². The van der Waals surface area contributed by atoms with Gasteiger partial charge in [0.05, 0.1) is 0 Å². The summed E-state index contributed by atoms with van der Waals surface area (Å²) in [6.45, 7) is 4.80. The van der Waals surface area contributed by atoms with Crippen molar-refractivity contribution in [2.24, 2.45) is 5.14 Å². The minimum Gasteiger partial charge on any atom is -0.333 e. The van der Waals surface area contributed by atoms with Gasteiger partial charge in [0, 0.05) is 24.9 Å². The minimum absolute atomic E-state index is 0.0363. The summed E-state index contributed by atoms with van der Waals surface area (Å²) in [5.41, 5.74) is 0. The second-order valence-corrected chi connectivity index (χ2v) is 6.19. The number of sulfonamides is 1. The van der Waals surface area contributed by atoms with E-state index in [0.29, 0.717) is 6.42 Å². The molecule has 5 nitrogen and oxygen atoms in total. The summed E-state index contributed by atoms with van der Waals surface area (Å²) < 4.78 is 24.1. The van der Waals surface area contributed by atoms with E-state index in [0.717, 1.165) is 23.9 Å². The molecule has 0 fully saturated rings. The fourth-order valence-electron chi connectivity index (χ4n) is 1.35. The van der Waals surface area contributed by atoms with E-state index in [2.05, 4.69) is 11.9 Å². The van der Waals surface area contributed by atoms with Crippen LogP contribution in [-0.4, -0.2) is 29.5 Å². The van der Waals surface area contributed by atoms with Gasteiger partial charge >= 0.3 is 0 Å². The fourth-order valence-corrected chi connectivity index (χ4v) is 2.47. The number of imidazole rings is 1. The zero-order valence-corrected chi connectivity index (χ0v) is 11.1. The SMILES string of the molecule is CCSCCn1cc(S(N)(=O)=O)nc1CC. The van der Waals surface area contributed by atoms with E-state index in [-0.39, 0.29) is 5.03 Å². The molecule has 0 aromatic carbocycles. The van der Waals surface area contributed by atoms with E-state index in [1.165, 1.54) is 6.20 Å². The summed E-state index contributed by atoms with van der Waals surface area (Å²) in [6.07, 6.45) is 2.22. The molecule has 0 radical (unpaired) electrons. The number of hydrogen-bond donors (Lipinski definition) is 1. The molecule has 0 spiro atoms. The van der Waals surface area contributed by atoms with Gasteiger partial charge in [0.1, 0.15) is 5.82 Å². The zero-order valence-electron chi connectivity index (χ0n) is 9.51. The number of nitrogens with two attached hydrogens (primary N) is 1. The molecule has 0 unspecified atom stereocenters. The highest BCUT2D eigenvalue weighted by molar-refractivity contribution is 7.99. The van der Waals surface area contributed by atoms with Crippen molar-refractivity contribution in [3.8, 4) is 0 Å². The van der Waals surface area contributed by atoms with E-state index < -0.39 is 10.0 Å². The average molecular weight is 263 g/mol. The molecule has 0 aliphatic rings. The van der Waals surface area contributed by atoms with Gasteiger partial charge in [-0.05, 0) is 5.75 Å². The van der Waals surface area contributed by atoms with E-state index in [1.807, 2.05) is 23.3 Å². The second kappa shape index (κ2) is 5.70. The van der Waals surface area contributed by atoms with Crippen LogP contribution >= 0.6 is 11.8 Å². The first-order valence-electron chi connectivity index (χ1n) is 5.15. The van der Waals surface area contributed by atoms with Gasteiger partial charge in [-0.2, -0.15) is 11.8 Å². The Morgan fingerprint density at radius 2 is 2.19 bits per heavy atom. The normalized spacial score (nSPS) is 11.9. The molecule has 1 aromatic rings. The van der Waals surface area contributed by atoms with Crippen LogP contribution in [0.2, 0.25) is 0 Å². The van der Waals surface area contributed by atoms with Crippen LogP contribution in [0.1, 0.15) is 19.7 Å². The molecule has 1 aromatic heterocycles. The smallest absolute Gasteiger partial charge is 0.257 e. The quantitative estimate of drug-likeness (QED) is 0.772. The van der Waals surface area contributed by atoms with Gasteiger partial charge in [-0.25, -0.2) is 18.5 Å². The molecule has 16 heavy (non-hydrogen) atoms. The largest absolute Gasteiger partial charge is 0.333 e. The lowest BCUT2D eigenvalue weighted by atomic mass is 10.4. The van der Waals surface area contributed by atoms with Crippen molar-refractivity contribution in [1.29, 1.82) is 0 Å². The fraction of sp³-hybridized carbons (Fsp3) is 0.667. The Hall–Kier alpha value is -0.530. The summed E-state index contributed by atoms with van der Waals surface area (Å²) in [4.78, 5) is 4.02. The van der Waals surface area contributed by atoms with Gasteiger partial charge in [0.25, 0.3) is 10.0 Å². The predicted molar refractivity (Wildman–Crippen MR) is 66.0 cm³/mol. The number of thioether (sulfide) groups is 1. The number of rotatable bonds is 6. The van der Waals surface area contributed by atoms with Crippen LogP contribution in [0.4, 0.5) is 0 Å². The highest BCUT2D eigenvalue weighted by Gasteiger charge is 2.14. The van der Waals surface area contributed by atoms with Crippen LogP contribution in [0.3, 0.4) is 0 Å². The summed E-state index contributed by atoms with van der Waals surface area (Å²) in [7, 11) is -3.68. The molecule has 0 atom stereocenters. The molecule has 0 aliphatic heterocycles. The van der Waals surface area contributed by atoms with Gasteiger partial charge in [0.15, 0.2) is 5.03 Å². The average Bonchev–Trinajstić information content (AvgIpc) is 2.61. The van der Waals surface area contributed by atoms with Crippen molar-refractivity contribution >= 4 is 21.8 Å². The van der Waals surface area contributed by atoms with Crippen LogP contribution in [0.5, 0.6) is 0 Å². The molecular formula is C9H17N3O2S2. The van der Waals surface area contributed by atoms with E-state index in [1.54, 1.807) is 0 Å². The Morgan fingerprint density at radius 3 is 2.69 bits per heavy atom.